The van der Waals surface area contributed by atoms with E-state index in [9.17, 15) is 0 Å². The Morgan fingerprint density at radius 1 is 1.35 bits per heavy atom. The van der Waals surface area contributed by atoms with Gasteiger partial charge in [-0.05, 0) is 36.8 Å². The molecule has 1 heterocycles. The zero-order valence-corrected chi connectivity index (χ0v) is 10.3. The van der Waals surface area contributed by atoms with E-state index in [1.54, 1.807) is 12.3 Å². The molecule has 0 radical (unpaired) electrons. The number of halogens is 1. The SMILES string of the molecule is CC(Nc1ccc(Cl)cc1N)c1cccnc1. The molecule has 1 atom stereocenters. The summed E-state index contributed by atoms with van der Waals surface area (Å²) in [5.41, 5.74) is 8.52. The van der Waals surface area contributed by atoms with Gasteiger partial charge in [0.2, 0.25) is 0 Å². The van der Waals surface area contributed by atoms with Crippen LogP contribution in [0.5, 0.6) is 0 Å². The van der Waals surface area contributed by atoms with E-state index in [4.69, 9.17) is 17.3 Å². The molecule has 1 unspecified atom stereocenters. The van der Waals surface area contributed by atoms with Crippen LogP contribution in [-0.2, 0) is 0 Å². The minimum absolute atomic E-state index is 0.146. The number of aromatic nitrogens is 1. The Morgan fingerprint density at radius 3 is 2.82 bits per heavy atom. The molecule has 2 aromatic rings. The average Bonchev–Trinajstić information content (AvgIpc) is 2.34. The summed E-state index contributed by atoms with van der Waals surface area (Å²) in [6.45, 7) is 2.06. The molecular formula is C13H14ClN3. The maximum absolute atomic E-state index is 5.89. The third-order valence-electron chi connectivity index (χ3n) is 2.57. The Kier molecular flexibility index (Phi) is 3.49. The highest BCUT2D eigenvalue weighted by Crippen LogP contribution is 2.26. The van der Waals surface area contributed by atoms with Crippen molar-refractivity contribution in [2.24, 2.45) is 0 Å². The van der Waals surface area contributed by atoms with Crippen LogP contribution in [0.25, 0.3) is 0 Å². The van der Waals surface area contributed by atoms with Crippen molar-refractivity contribution in [3.8, 4) is 0 Å². The quantitative estimate of drug-likeness (QED) is 0.817. The van der Waals surface area contributed by atoms with Gasteiger partial charge in [-0.2, -0.15) is 0 Å². The van der Waals surface area contributed by atoms with Crippen LogP contribution in [0.4, 0.5) is 11.4 Å². The second-order valence-corrected chi connectivity index (χ2v) is 4.32. The van der Waals surface area contributed by atoms with Gasteiger partial charge in [0.05, 0.1) is 17.4 Å². The monoisotopic (exact) mass is 247 g/mol. The number of anilines is 2. The first-order chi connectivity index (χ1) is 8.16. The van der Waals surface area contributed by atoms with Crippen molar-refractivity contribution in [1.29, 1.82) is 0 Å². The molecule has 3 N–H and O–H groups in total. The lowest BCUT2D eigenvalue weighted by Crippen LogP contribution is -2.08. The topological polar surface area (TPSA) is 50.9 Å². The Hall–Kier alpha value is -1.74. The Labute approximate surface area is 106 Å². The highest BCUT2D eigenvalue weighted by Gasteiger charge is 2.07. The third-order valence-corrected chi connectivity index (χ3v) is 2.81. The standard InChI is InChI=1S/C13H14ClN3/c1-9(10-3-2-6-16-8-10)17-13-5-4-11(14)7-12(13)15/h2-9,17H,15H2,1H3. The lowest BCUT2D eigenvalue weighted by Gasteiger charge is -2.16. The second kappa shape index (κ2) is 5.06. The first kappa shape index (κ1) is 11.7. The molecule has 17 heavy (non-hydrogen) atoms. The van der Waals surface area contributed by atoms with Gasteiger partial charge >= 0.3 is 0 Å². The van der Waals surface area contributed by atoms with Crippen LogP contribution in [0.1, 0.15) is 18.5 Å². The number of nitrogens with one attached hydrogen (secondary N) is 1. The molecule has 0 saturated heterocycles. The molecular weight excluding hydrogens is 234 g/mol. The molecule has 2 rings (SSSR count). The predicted octanol–water partition coefficient (Wildman–Crippen LogP) is 3.49. The smallest absolute Gasteiger partial charge is 0.0579 e. The van der Waals surface area contributed by atoms with Gasteiger partial charge in [-0.15, -0.1) is 0 Å². The van der Waals surface area contributed by atoms with E-state index in [0.29, 0.717) is 10.7 Å². The summed E-state index contributed by atoms with van der Waals surface area (Å²) in [5.74, 6) is 0. The number of nitrogens with two attached hydrogens (primary N) is 1. The van der Waals surface area contributed by atoms with E-state index < -0.39 is 0 Å². The van der Waals surface area contributed by atoms with Gasteiger partial charge in [0, 0.05) is 17.4 Å². The minimum atomic E-state index is 0.146. The number of hydrogen-bond donors (Lipinski definition) is 2. The van der Waals surface area contributed by atoms with Crippen molar-refractivity contribution in [3.63, 3.8) is 0 Å². The normalized spacial score (nSPS) is 12.1. The summed E-state index contributed by atoms with van der Waals surface area (Å²) in [5, 5.41) is 3.97. The summed E-state index contributed by atoms with van der Waals surface area (Å²) >= 11 is 5.85. The molecule has 0 amide bonds. The molecule has 0 spiro atoms. The van der Waals surface area contributed by atoms with E-state index in [-0.39, 0.29) is 6.04 Å². The molecule has 4 heteroatoms. The summed E-state index contributed by atoms with van der Waals surface area (Å²) < 4.78 is 0. The number of rotatable bonds is 3. The molecule has 0 fully saturated rings. The minimum Gasteiger partial charge on any atom is -0.397 e. The predicted molar refractivity (Wildman–Crippen MR) is 72.1 cm³/mol. The zero-order chi connectivity index (χ0) is 12.3. The van der Waals surface area contributed by atoms with Crippen molar-refractivity contribution in [3.05, 3.63) is 53.3 Å². The van der Waals surface area contributed by atoms with E-state index in [1.165, 1.54) is 0 Å². The Balaban J connectivity index is 2.16. The molecule has 0 aliphatic carbocycles. The van der Waals surface area contributed by atoms with Crippen LogP contribution in [0.2, 0.25) is 5.02 Å². The van der Waals surface area contributed by atoms with Gasteiger partial charge in [0.1, 0.15) is 0 Å². The van der Waals surface area contributed by atoms with E-state index >= 15 is 0 Å². The first-order valence-corrected chi connectivity index (χ1v) is 5.76. The van der Waals surface area contributed by atoms with Gasteiger partial charge in [0.15, 0.2) is 0 Å². The van der Waals surface area contributed by atoms with Crippen LogP contribution in [0.15, 0.2) is 42.7 Å². The van der Waals surface area contributed by atoms with Crippen LogP contribution in [0, 0.1) is 0 Å². The lowest BCUT2D eigenvalue weighted by molar-refractivity contribution is 0.876. The van der Waals surface area contributed by atoms with Gasteiger partial charge in [-0.25, -0.2) is 0 Å². The Bertz CT molecular complexity index is 499. The van der Waals surface area contributed by atoms with Crippen LogP contribution in [0.3, 0.4) is 0 Å². The van der Waals surface area contributed by atoms with Gasteiger partial charge < -0.3 is 11.1 Å². The number of nitrogen functional groups attached to an aromatic ring is 1. The molecule has 0 aliphatic rings. The van der Waals surface area contributed by atoms with E-state index in [1.807, 2.05) is 30.5 Å². The molecule has 0 bridgehead atoms. The summed E-state index contributed by atoms with van der Waals surface area (Å²) in [4.78, 5) is 4.09. The maximum Gasteiger partial charge on any atom is 0.0579 e. The zero-order valence-electron chi connectivity index (χ0n) is 9.52. The van der Waals surface area contributed by atoms with Crippen molar-refractivity contribution >= 4 is 23.0 Å². The number of nitrogens with zero attached hydrogens (tertiary/aromatic N) is 1. The number of hydrogen-bond acceptors (Lipinski definition) is 3. The largest absolute Gasteiger partial charge is 0.397 e. The van der Waals surface area contributed by atoms with Crippen LogP contribution < -0.4 is 11.1 Å². The van der Waals surface area contributed by atoms with Crippen molar-refractivity contribution in [2.75, 3.05) is 11.1 Å². The van der Waals surface area contributed by atoms with Crippen LogP contribution in [-0.4, -0.2) is 4.98 Å². The van der Waals surface area contributed by atoms with Crippen molar-refractivity contribution in [1.82, 2.24) is 4.98 Å². The van der Waals surface area contributed by atoms with Gasteiger partial charge in [-0.1, -0.05) is 17.7 Å². The molecule has 0 aliphatic heterocycles. The highest BCUT2D eigenvalue weighted by atomic mass is 35.5. The van der Waals surface area contributed by atoms with Crippen molar-refractivity contribution < 1.29 is 0 Å². The average molecular weight is 248 g/mol. The summed E-state index contributed by atoms with van der Waals surface area (Å²) in [7, 11) is 0. The Morgan fingerprint density at radius 2 is 2.18 bits per heavy atom. The highest BCUT2D eigenvalue weighted by molar-refractivity contribution is 6.31. The lowest BCUT2D eigenvalue weighted by atomic mass is 10.1. The van der Waals surface area contributed by atoms with Crippen molar-refractivity contribution in [2.45, 2.75) is 13.0 Å². The molecule has 3 nitrogen and oxygen atoms in total. The molecule has 0 saturated carbocycles. The molecule has 1 aromatic carbocycles. The first-order valence-electron chi connectivity index (χ1n) is 5.38. The van der Waals surface area contributed by atoms with E-state index in [2.05, 4.69) is 17.2 Å². The second-order valence-electron chi connectivity index (χ2n) is 3.88. The third kappa shape index (κ3) is 2.88. The molecule has 1 aromatic heterocycles. The maximum atomic E-state index is 5.89. The fraction of sp³-hybridized carbons (Fsp3) is 0.154. The van der Waals surface area contributed by atoms with Gasteiger partial charge in [-0.3, -0.25) is 4.98 Å². The summed E-state index contributed by atoms with van der Waals surface area (Å²) in [6.07, 6.45) is 3.59. The summed E-state index contributed by atoms with van der Waals surface area (Å²) in [6, 6.07) is 9.52. The van der Waals surface area contributed by atoms with Gasteiger partial charge in [0.25, 0.3) is 0 Å². The number of pyridine rings is 1. The fourth-order valence-electron chi connectivity index (χ4n) is 1.61. The van der Waals surface area contributed by atoms with E-state index in [0.717, 1.165) is 11.3 Å². The molecule has 88 valence electrons. The fourth-order valence-corrected chi connectivity index (χ4v) is 1.79. The number of benzene rings is 1. The van der Waals surface area contributed by atoms with Crippen LogP contribution >= 0.6 is 11.6 Å².